The maximum Gasteiger partial charge on any atom is 0.393 e. The lowest BCUT2D eigenvalue weighted by Crippen LogP contribution is -2.67. The van der Waals surface area contributed by atoms with Crippen molar-refractivity contribution < 1.29 is 63.8 Å². The number of halogens is 8. The van der Waals surface area contributed by atoms with Crippen molar-refractivity contribution >= 4 is 35.1 Å². The Labute approximate surface area is 207 Å². The van der Waals surface area contributed by atoms with Gasteiger partial charge in [-0.1, -0.05) is 0 Å². The minimum absolute atomic E-state index is 0.167. The van der Waals surface area contributed by atoms with Crippen LogP contribution in [0, 0.1) is 0 Å². The van der Waals surface area contributed by atoms with E-state index in [1.807, 2.05) is 0 Å². The first-order chi connectivity index (χ1) is 17.4. The number of hydrogen-bond acceptors (Lipinski definition) is 6. The third-order valence-corrected chi connectivity index (χ3v) is 4.88. The first-order valence-corrected chi connectivity index (χ1v) is 9.95. The second-order valence-electron chi connectivity index (χ2n) is 7.34. The van der Waals surface area contributed by atoms with Crippen LogP contribution in [0.25, 0.3) is 0 Å². The Morgan fingerprint density at radius 3 is 1.05 bits per heavy atom. The van der Waals surface area contributed by atoms with Crippen molar-refractivity contribution in [3.05, 3.63) is 59.7 Å². The predicted octanol–water partition coefficient (Wildman–Crippen LogP) is 4.38. The van der Waals surface area contributed by atoms with Gasteiger partial charge >= 0.3 is 47.4 Å². The van der Waals surface area contributed by atoms with E-state index in [1.165, 1.54) is 0 Å². The highest BCUT2D eigenvalue weighted by Gasteiger charge is 2.84. The molecule has 0 aromatic heterocycles. The molecular formula is C22H16F8N2O6. The van der Waals surface area contributed by atoms with Gasteiger partial charge in [-0.15, -0.1) is 0 Å². The van der Waals surface area contributed by atoms with E-state index in [-0.39, 0.29) is 11.1 Å². The number of rotatable bonds is 9. The summed E-state index contributed by atoms with van der Waals surface area (Å²) in [5.74, 6) is -35.1. The van der Waals surface area contributed by atoms with Crippen molar-refractivity contribution in [1.82, 2.24) is 0 Å². The van der Waals surface area contributed by atoms with Gasteiger partial charge in [0.2, 0.25) is 0 Å². The molecule has 0 aliphatic rings. The monoisotopic (exact) mass is 556 g/mol. The van der Waals surface area contributed by atoms with Gasteiger partial charge in [0.25, 0.3) is 0 Å². The summed E-state index contributed by atoms with van der Waals surface area (Å²) < 4.78 is 122. The lowest BCUT2D eigenvalue weighted by Gasteiger charge is -2.35. The number of nitrogens with one attached hydrogen (secondary N) is 2. The molecule has 0 aliphatic carbocycles. The Hall–Kier alpha value is -4.24. The first kappa shape index (κ1) is 30.0. The number of amides is 2. The Morgan fingerprint density at radius 1 is 0.553 bits per heavy atom. The number of anilines is 2. The van der Waals surface area contributed by atoms with E-state index >= 15 is 0 Å². The lowest BCUT2D eigenvalue weighted by atomic mass is 9.97. The average Bonchev–Trinajstić information content (AvgIpc) is 2.88. The summed E-state index contributed by atoms with van der Waals surface area (Å²) in [6.07, 6.45) is 0. The number of alkyl halides is 8. The molecule has 0 saturated carbocycles. The highest BCUT2D eigenvalue weighted by Crippen LogP contribution is 2.53. The molecule has 0 heterocycles. The standard InChI is InChI=1S/C22H16F8N2O6/c1-37-15(33)11-3-7-13(8-4-11)31-17(35)19(23,24)21(27,28)22(29,30)20(25,26)18(36)32-14-9-5-12(6-10-14)16(34)38-2/h3-10H,1-2H3,(H,31,35)(H,32,36). The van der Waals surface area contributed by atoms with Gasteiger partial charge in [0.1, 0.15) is 0 Å². The highest BCUT2D eigenvalue weighted by atomic mass is 19.4. The fraction of sp³-hybridized carbons (Fsp3) is 0.273. The quantitative estimate of drug-likeness (QED) is 0.351. The van der Waals surface area contributed by atoms with Gasteiger partial charge in [-0.3, -0.25) is 9.59 Å². The van der Waals surface area contributed by atoms with E-state index in [4.69, 9.17) is 0 Å². The minimum Gasteiger partial charge on any atom is -0.465 e. The molecule has 0 saturated heterocycles. The Morgan fingerprint density at radius 2 is 0.816 bits per heavy atom. The molecule has 2 aromatic carbocycles. The molecule has 0 unspecified atom stereocenters. The maximum absolute atomic E-state index is 14.2. The van der Waals surface area contributed by atoms with Crippen LogP contribution in [-0.2, 0) is 19.1 Å². The van der Waals surface area contributed by atoms with E-state index in [1.54, 1.807) is 0 Å². The van der Waals surface area contributed by atoms with Gasteiger partial charge in [0.15, 0.2) is 0 Å². The van der Waals surface area contributed by atoms with Crippen molar-refractivity contribution in [3.63, 3.8) is 0 Å². The van der Waals surface area contributed by atoms with E-state index in [0.717, 1.165) is 73.4 Å². The SMILES string of the molecule is COC(=O)c1ccc(NC(=O)C(F)(F)C(F)(F)C(F)(F)C(F)(F)C(=O)Nc2ccc(C(=O)OC)cc2)cc1. The molecule has 2 aromatic rings. The van der Waals surface area contributed by atoms with Crippen LogP contribution in [-0.4, -0.2) is 61.7 Å². The van der Waals surface area contributed by atoms with E-state index < -0.39 is 58.8 Å². The van der Waals surface area contributed by atoms with E-state index in [0.29, 0.717) is 0 Å². The normalized spacial score (nSPS) is 12.4. The van der Waals surface area contributed by atoms with Crippen molar-refractivity contribution in [2.75, 3.05) is 24.9 Å². The first-order valence-electron chi connectivity index (χ1n) is 9.95. The molecule has 2 rings (SSSR count). The molecule has 38 heavy (non-hydrogen) atoms. The fourth-order valence-corrected chi connectivity index (χ4v) is 2.71. The summed E-state index contributed by atoms with van der Waals surface area (Å²) in [6, 6.07) is 6.53. The van der Waals surface area contributed by atoms with Crippen molar-refractivity contribution in [1.29, 1.82) is 0 Å². The van der Waals surface area contributed by atoms with Gasteiger partial charge in [0.05, 0.1) is 25.3 Å². The van der Waals surface area contributed by atoms with Gasteiger partial charge in [-0.2, -0.15) is 35.1 Å². The zero-order valence-corrected chi connectivity index (χ0v) is 19.1. The number of carbonyl (C=O) groups is 4. The lowest BCUT2D eigenvalue weighted by molar-refractivity contribution is -0.345. The summed E-state index contributed by atoms with van der Waals surface area (Å²) in [4.78, 5) is 46.2. The van der Waals surface area contributed by atoms with E-state index in [9.17, 15) is 54.3 Å². The minimum atomic E-state index is -7.09. The second-order valence-corrected chi connectivity index (χ2v) is 7.34. The van der Waals surface area contributed by atoms with Crippen molar-refractivity contribution in [3.8, 4) is 0 Å². The highest BCUT2D eigenvalue weighted by molar-refractivity contribution is 6.00. The average molecular weight is 556 g/mol. The maximum atomic E-state index is 14.2. The predicted molar refractivity (Wildman–Crippen MR) is 113 cm³/mol. The molecule has 0 radical (unpaired) electrons. The van der Waals surface area contributed by atoms with Crippen LogP contribution in [0.2, 0.25) is 0 Å². The van der Waals surface area contributed by atoms with Gasteiger partial charge in [-0.25, -0.2) is 9.59 Å². The third kappa shape index (κ3) is 5.38. The third-order valence-electron chi connectivity index (χ3n) is 4.88. The number of ether oxygens (including phenoxy) is 2. The van der Waals surface area contributed by atoms with Crippen LogP contribution < -0.4 is 10.6 Å². The molecule has 8 nitrogen and oxygen atoms in total. The molecule has 0 atom stereocenters. The van der Waals surface area contributed by atoms with E-state index in [2.05, 4.69) is 9.47 Å². The summed E-state index contributed by atoms with van der Waals surface area (Å²) in [7, 11) is 2.00. The molecule has 0 fully saturated rings. The Bertz CT molecular complexity index is 1120. The van der Waals surface area contributed by atoms with Gasteiger partial charge < -0.3 is 20.1 Å². The van der Waals surface area contributed by atoms with Crippen LogP contribution >= 0.6 is 0 Å². The molecule has 16 heteroatoms. The van der Waals surface area contributed by atoms with Crippen molar-refractivity contribution in [2.24, 2.45) is 0 Å². The zero-order valence-electron chi connectivity index (χ0n) is 19.1. The van der Waals surface area contributed by atoms with Gasteiger partial charge in [-0.05, 0) is 48.5 Å². The second kappa shape index (κ2) is 10.6. The van der Waals surface area contributed by atoms with Crippen LogP contribution in [0.4, 0.5) is 46.5 Å². The van der Waals surface area contributed by atoms with Crippen molar-refractivity contribution in [2.45, 2.75) is 23.7 Å². The Kier molecular flexibility index (Phi) is 8.39. The molecule has 0 bridgehead atoms. The summed E-state index contributed by atoms with van der Waals surface area (Å²) >= 11 is 0. The number of hydrogen-bond donors (Lipinski definition) is 2. The molecule has 0 aliphatic heterocycles. The zero-order chi connectivity index (χ0) is 29.1. The number of carbonyl (C=O) groups excluding carboxylic acids is 4. The molecule has 206 valence electrons. The smallest absolute Gasteiger partial charge is 0.393 e. The summed E-state index contributed by atoms with van der Waals surface area (Å²) in [5.41, 5.74) is -1.72. The largest absolute Gasteiger partial charge is 0.465 e. The topological polar surface area (TPSA) is 111 Å². The van der Waals surface area contributed by atoms with Gasteiger partial charge in [0, 0.05) is 11.4 Å². The van der Waals surface area contributed by atoms with Crippen LogP contribution in [0.1, 0.15) is 20.7 Å². The number of benzene rings is 2. The summed E-state index contributed by atoms with van der Waals surface area (Å²) in [6.45, 7) is 0. The number of esters is 2. The number of methoxy groups -OCH3 is 2. The fourth-order valence-electron chi connectivity index (χ4n) is 2.71. The molecule has 2 amide bonds. The van der Waals surface area contributed by atoms with Crippen LogP contribution in [0.5, 0.6) is 0 Å². The molecule has 0 spiro atoms. The molecule has 2 N–H and O–H groups in total. The molecular weight excluding hydrogens is 540 g/mol. The Balaban J connectivity index is 2.26. The summed E-state index contributed by atoms with van der Waals surface area (Å²) in [5, 5.41) is 2.29. The van der Waals surface area contributed by atoms with Crippen LogP contribution in [0.15, 0.2) is 48.5 Å². The van der Waals surface area contributed by atoms with Crippen LogP contribution in [0.3, 0.4) is 0 Å².